The molecule has 0 unspecified atom stereocenters. The van der Waals surface area contributed by atoms with Crippen molar-refractivity contribution in [2.45, 2.75) is 47.1 Å². The Balaban J connectivity index is 3.38. The van der Waals surface area contributed by atoms with Gasteiger partial charge >= 0.3 is 0 Å². The van der Waals surface area contributed by atoms with Crippen molar-refractivity contribution < 1.29 is 9.90 Å². The smallest absolute Gasteiger partial charge is 0.258 e. The summed E-state index contributed by atoms with van der Waals surface area (Å²) in [6.07, 6.45) is 0. The van der Waals surface area contributed by atoms with Crippen LogP contribution in [0.5, 0.6) is 0 Å². The Hall–Kier alpha value is -1.35. The minimum atomic E-state index is -1.36. The summed E-state index contributed by atoms with van der Waals surface area (Å²) in [7, 11) is 1.72. The highest BCUT2D eigenvalue weighted by Gasteiger charge is 2.29. The minimum Gasteiger partial charge on any atom is -0.381 e. The van der Waals surface area contributed by atoms with Crippen LogP contribution in [0.15, 0.2) is 6.07 Å². The third-order valence-electron chi connectivity index (χ3n) is 3.49. The summed E-state index contributed by atoms with van der Waals surface area (Å²) >= 11 is 0. The van der Waals surface area contributed by atoms with Gasteiger partial charge in [-0.3, -0.25) is 4.79 Å². The molecule has 0 saturated heterocycles. The van der Waals surface area contributed by atoms with Gasteiger partial charge in [-0.15, -0.1) is 0 Å². The van der Waals surface area contributed by atoms with Crippen LogP contribution in [0.1, 0.15) is 36.1 Å². The fraction of sp³-hybridized carbons (Fsp3) is 0.533. The highest BCUT2D eigenvalue weighted by Crippen LogP contribution is 2.30. The summed E-state index contributed by atoms with van der Waals surface area (Å²) in [6, 6.07) is 2.12. The lowest BCUT2D eigenvalue weighted by Gasteiger charge is -2.29. The predicted octanol–water partition coefficient (Wildman–Crippen LogP) is 2.65. The molecule has 18 heavy (non-hydrogen) atoms. The van der Waals surface area contributed by atoms with Gasteiger partial charge in [-0.2, -0.15) is 0 Å². The number of nitrogens with zero attached hydrogens (tertiary/aromatic N) is 1. The van der Waals surface area contributed by atoms with Gasteiger partial charge in [0.2, 0.25) is 0 Å². The van der Waals surface area contributed by atoms with Gasteiger partial charge in [0.25, 0.3) is 5.91 Å². The van der Waals surface area contributed by atoms with Crippen LogP contribution in [0.3, 0.4) is 0 Å². The number of amides is 1. The van der Waals surface area contributed by atoms with Crippen LogP contribution < -0.4 is 4.90 Å². The summed E-state index contributed by atoms with van der Waals surface area (Å²) in [5, 5.41) is 9.85. The quantitative estimate of drug-likeness (QED) is 0.875. The van der Waals surface area contributed by atoms with Gasteiger partial charge in [0, 0.05) is 12.7 Å². The molecule has 0 saturated carbocycles. The van der Waals surface area contributed by atoms with Crippen LogP contribution in [-0.2, 0) is 4.79 Å². The monoisotopic (exact) mass is 249 g/mol. The van der Waals surface area contributed by atoms with E-state index in [1.165, 1.54) is 13.8 Å². The third kappa shape index (κ3) is 2.56. The van der Waals surface area contributed by atoms with E-state index in [-0.39, 0.29) is 5.91 Å². The minimum absolute atomic E-state index is 0.293. The van der Waals surface area contributed by atoms with Crippen LogP contribution in [0, 0.1) is 27.7 Å². The Bertz CT molecular complexity index is 458. The SMILES string of the molecule is Cc1cc(C)c(C)c(N(C)C(=O)C(C)(C)O)c1C. The van der Waals surface area contributed by atoms with Crippen molar-refractivity contribution in [1.82, 2.24) is 0 Å². The molecule has 0 atom stereocenters. The molecule has 0 radical (unpaired) electrons. The maximum Gasteiger partial charge on any atom is 0.258 e. The van der Waals surface area contributed by atoms with E-state index < -0.39 is 5.60 Å². The number of rotatable bonds is 2. The Morgan fingerprint density at radius 2 is 1.50 bits per heavy atom. The van der Waals surface area contributed by atoms with Gasteiger partial charge in [0.05, 0.1) is 0 Å². The molecule has 0 aliphatic carbocycles. The fourth-order valence-electron chi connectivity index (χ4n) is 2.21. The van der Waals surface area contributed by atoms with E-state index in [9.17, 15) is 9.90 Å². The van der Waals surface area contributed by atoms with Gasteiger partial charge in [-0.1, -0.05) is 6.07 Å². The molecule has 3 heteroatoms. The summed E-state index contributed by atoms with van der Waals surface area (Å²) in [5.41, 5.74) is 4.02. The van der Waals surface area contributed by atoms with Gasteiger partial charge in [-0.25, -0.2) is 0 Å². The first-order valence-electron chi connectivity index (χ1n) is 6.15. The van der Waals surface area contributed by atoms with Crippen LogP contribution in [0.4, 0.5) is 5.69 Å². The van der Waals surface area contributed by atoms with Crippen LogP contribution in [0.2, 0.25) is 0 Å². The van der Waals surface area contributed by atoms with Gasteiger partial charge < -0.3 is 10.0 Å². The number of carbonyl (C=O) groups excluding carboxylic acids is 1. The zero-order valence-corrected chi connectivity index (χ0v) is 12.4. The molecule has 0 bridgehead atoms. The van der Waals surface area contributed by atoms with Gasteiger partial charge in [-0.05, 0) is 63.8 Å². The third-order valence-corrected chi connectivity index (χ3v) is 3.49. The molecule has 1 aromatic carbocycles. The second-order valence-corrected chi connectivity index (χ2v) is 5.53. The number of anilines is 1. The number of aryl methyl sites for hydroxylation is 2. The predicted molar refractivity (Wildman–Crippen MR) is 75.1 cm³/mol. The van der Waals surface area contributed by atoms with Crippen LogP contribution >= 0.6 is 0 Å². The van der Waals surface area contributed by atoms with Gasteiger partial charge in [0.15, 0.2) is 0 Å². The lowest BCUT2D eigenvalue weighted by molar-refractivity contribution is -0.133. The Labute approximate surface area is 109 Å². The van der Waals surface area contributed by atoms with E-state index in [0.29, 0.717) is 0 Å². The molecule has 3 nitrogen and oxygen atoms in total. The second kappa shape index (κ2) is 4.73. The molecule has 0 fully saturated rings. The van der Waals surface area contributed by atoms with Crippen LogP contribution in [0.25, 0.3) is 0 Å². The van der Waals surface area contributed by atoms with Crippen molar-refractivity contribution in [3.63, 3.8) is 0 Å². The highest BCUT2D eigenvalue weighted by molar-refractivity contribution is 5.99. The largest absolute Gasteiger partial charge is 0.381 e. The first-order valence-corrected chi connectivity index (χ1v) is 6.15. The molecular formula is C15H23NO2. The number of benzene rings is 1. The van der Waals surface area contributed by atoms with Gasteiger partial charge in [0.1, 0.15) is 5.60 Å². The highest BCUT2D eigenvalue weighted by atomic mass is 16.3. The molecule has 1 amide bonds. The number of carbonyl (C=O) groups is 1. The molecule has 1 N–H and O–H groups in total. The van der Waals surface area contributed by atoms with Crippen molar-refractivity contribution in [3.05, 3.63) is 28.3 Å². The molecule has 0 aromatic heterocycles. The number of aliphatic hydroxyl groups is 1. The zero-order chi connectivity index (χ0) is 14.2. The second-order valence-electron chi connectivity index (χ2n) is 5.53. The maximum absolute atomic E-state index is 12.2. The lowest BCUT2D eigenvalue weighted by atomic mass is 9.97. The number of hydrogen-bond donors (Lipinski definition) is 1. The van der Waals surface area contributed by atoms with E-state index in [1.54, 1.807) is 11.9 Å². The van der Waals surface area contributed by atoms with E-state index in [1.807, 2.05) is 27.7 Å². The summed E-state index contributed by atoms with van der Waals surface area (Å²) in [6.45, 7) is 11.1. The molecular weight excluding hydrogens is 226 g/mol. The molecule has 0 heterocycles. The van der Waals surface area contributed by atoms with Crippen molar-refractivity contribution >= 4 is 11.6 Å². The normalized spacial score (nSPS) is 11.6. The van der Waals surface area contributed by atoms with E-state index in [0.717, 1.165) is 27.9 Å². The maximum atomic E-state index is 12.2. The molecule has 1 rings (SSSR count). The fourth-order valence-corrected chi connectivity index (χ4v) is 2.21. The topological polar surface area (TPSA) is 40.5 Å². The first-order chi connectivity index (χ1) is 8.07. The number of likely N-dealkylation sites (N-methyl/N-ethyl adjacent to an activating group) is 1. The Kier molecular flexibility index (Phi) is 3.86. The summed E-state index contributed by atoms with van der Waals surface area (Å²) in [4.78, 5) is 13.7. The average Bonchev–Trinajstić information content (AvgIpc) is 2.24. The first kappa shape index (κ1) is 14.7. The summed E-state index contributed by atoms with van der Waals surface area (Å²) in [5.74, 6) is -0.293. The van der Waals surface area contributed by atoms with Crippen molar-refractivity contribution in [3.8, 4) is 0 Å². The zero-order valence-electron chi connectivity index (χ0n) is 12.4. The molecule has 0 aliphatic rings. The van der Waals surface area contributed by atoms with Crippen molar-refractivity contribution in [1.29, 1.82) is 0 Å². The van der Waals surface area contributed by atoms with Crippen molar-refractivity contribution in [2.75, 3.05) is 11.9 Å². The molecule has 0 spiro atoms. The summed E-state index contributed by atoms with van der Waals surface area (Å²) < 4.78 is 0. The van der Waals surface area contributed by atoms with Crippen molar-refractivity contribution in [2.24, 2.45) is 0 Å². The Morgan fingerprint density at radius 1 is 1.11 bits per heavy atom. The molecule has 1 aromatic rings. The Morgan fingerprint density at radius 3 is 1.83 bits per heavy atom. The van der Waals surface area contributed by atoms with E-state index in [2.05, 4.69) is 6.07 Å². The molecule has 0 aliphatic heterocycles. The average molecular weight is 249 g/mol. The van der Waals surface area contributed by atoms with E-state index >= 15 is 0 Å². The standard InChI is InChI=1S/C15H23NO2/c1-9-8-10(2)12(4)13(11(9)3)16(7)14(17)15(5,6)18/h8,18H,1-7H3. The van der Waals surface area contributed by atoms with Crippen LogP contribution in [-0.4, -0.2) is 23.7 Å². The lowest BCUT2D eigenvalue weighted by Crippen LogP contribution is -2.43. The van der Waals surface area contributed by atoms with E-state index in [4.69, 9.17) is 0 Å². The molecule has 100 valence electrons. The number of hydrogen-bond acceptors (Lipinski definition) is 2.